The zero-order valence-corrected chi connectivity index (χ0v) is 22.9. The van der Waals surface area contributed by atoms with Crippen molar-refractivity contribution >= 4 is 46.5 Å². The van der Waals surface area contributed by atoms with Crippen molar-refractivity contribution in [2.24, 2.45) is 0 Å². The van der Waals surface area contributed by atoms with Crippen LogP contribution >= 0.6 is 34.8 Å². The van der Waals surface area contributed by atoms with Crippen molar-refractivity contribution in [1.29, 1.82) is 5.26 Å². The highest BCUT2D eigenvalue weighted by Crippen LogP contribution is 2.37. The molecule has 1 aromatic heterocycles. The Morgan fingerprint density at radius 3 is 2.39 bits per heavy atom. The van der Waals surface area contributed by atoms with Crippen LogP contribution in [0.4, 0.5) is 5.82 Å². The predicted octanol–water partition coefficient (Wildman–Crippen LogP) is 6.20. The Morgan fingerprint density at radius 1 is 0.951 bits per heavy atom. The van der Waals surface area contributed by atoms with E-state index in [4.69, 9.17) is 39.8 Å². The number of nitriles is 1. The van der Waals surface area contributed by atoms with E-state index in [0.29, 0.717) is 38.0 Å². The minimum atomic E-state index is -0.671. The Hall–Kier alpha value is -4.95. The molecule has 0 saturated carbocycles. The maximum absolute atomic E-state index is 13.4. The molecule has 4 aromatic rings. The standard InChI is InChI=1S/C28H15Cl3N8O2/c29-16-8-6-14(7-9-16)22-21-24(34-26(40)15-4-2-1-3-5-15)36-37-25(21)35-28(33-22)39-27(41)19(13-32)23(38-39)18-11-10-17(30)12-20(18)31/h1-12,38H,(H2,33,34,35,36,37,40). The van der Waals surface area contributed by atoms with Gasteiger partial charge in [-0.2, -0.15) is 9.94 Å². The average molecular weight is 602 g/mol. The first kappa shape index (κ1) is 26.3. The van der Waals surface area contributed by atoms with Crippen LogP contribution in [0.3, 0.4) is 0 Å². The molecule has 3 aromatic carbocycles. The zero-order chi connectivity index (χ0) is 28.7. The van der Waals surface area contributed by atoms with E-state index in [-0.39, 0.29) is 39.8 Å². The summed E-state index contributed by atoms with van der Waals surface area (Å²) in [6.07, 6.45) is 0. The van der Waals surface area contributed by atoms with E-state index >= 15 is 0 Å². The molecule has 41 heavy (non-hydrogen) atoms. The summed E-state index contributed by atoms with van der Waals surface area (Å²) in [5.41, 5.74) is 1.54. The summed E-state index contributed by atoms with van der Waals surface area (Å²) >= 11 is 18.5. The van der Waals surface area contributed by atoms with E-state index in [1.165, 1.54) is 6.07 Å². The van der Waals surface area contributed by atoms with E-state index in [1.54, 1.807) is 66.7 Å². The van der Waals surface area contributed by atoms with E-state index in [1.807, 2.05) is 6.07 Å². The van der Waals surface area contributed by atoms with Crippen molar-refractivity contribution in [2.75, 3.05) is 5.32 Å². The number of hydrogen-bond donors (Lipinski definition) is 3. The number of carbonyl (C=O) groups is 1. The minimum absolute atomic E-state index is 0.0149. The Labute approximate surface area is 246 Å². The van der Waals surface area contributed by atoms with Gasteiger partial charge in [0.1, 0.15) is 11.6 Å². The van der Waals surface area contributed by atoms with E-state index in [0.717, 1.165) is 4.68 Å². The topological polar surface area (TPSA) is 145 Å². The molecule has 13 heteroatoms. The van der Waals surface area contributed by atoms with Crippen LogP contribution in [0.15, 0.2) is 77.6 Å². The van der Waals surface area contributed by atoms with Gasteiger partial charge in [0.05, 0.1) is 22.0 Å². The molecule has 3 N–H and O–H groups in total. The molecular weight excluding hydrogens is 587 g/mol. The number of aromatic nitrogens is 6. The number of carbonyl (C=O) groups excluding carboxylic acids is 1. The SMILES string of the molecule is N#Cc1c(-c2ccc(Cl)cc2Cl)[nH]n(-c2nc(-c3ccc(Cl)cc3)c3c(NC(=O)c4ccccc4)nnc-3[nH]2)c1=O. The summed E-state index contributed by atoms with van der Waals surface area (Å²) in [5, 5.41) is 25.1. The van der Waals surface area contributed by atoms with Gasteiger partial charge in [0.15, 0.2) is 11.6 Å². The third-order valence-electron chi connectivity index (χ3n) is 6.21. The third-order valence-corrected chi connectivity index (χ3v) is 7.01. The van der Waals surface area contributed by atoms with Crippen LogP contribution in [0, 0.1) is 11.3 Å². The van der Waals surface area contributed by atoms with Crippen LogP contribution in [0.25, 0.3) is 39.9 Å². The second kappa shape index (κ2) is 10.6. The average Bonchev–Trinajstić information content (AvgIpc) is 3.53. The Bertz CT molecular complexity index is 2010. The summed E-state index contributed by atoms with van der Waals surface area (Å²) < 4.78 is 1.08. The number of aromatic amines is 2. The lowest BCUT2D eigenvalue weighted by molar-refractivity contribution is 0.102. The minimum Gasteiger partial charge on any atom is -0.306 e. The van der Waals surface area contributed by atoms with Gasteiger partial charge in [-0.25, -0.2) is 4.98 Å². The van der Waals surface area contributed by atoms with Crippen LogP contribution in [0.5, 0.6) is 0 Å². The van der Waals surface area contributed by atoms with E-state index in [2.05, 4.69) is 25.6 Å². The second-order valence-electron chi connectivity index (χ2n) is 8.75. The summed E-state index contributed by atoms with van der Waals surface area (Å²) in [7, 11) is 0. The lowest BCUT2D eigenvalue weighted by atomic mass is 10.1. The second-order valence-corrected chi connectivity index (χ2v) is 10.0. The number of nitrogens with one attached hydrogen (secondary N) is 3. The molecular formula is C28H15Cl3N8O2. The largest absolute Gasteiger partial charge is 0.306 e. The Morgan fingerprint density at radius 2 is 1.68 bits per heavy atom. The van der Waals surface area contributed by atoms with Crippen LogP contribution in [0.1, 0.15) is 15.9 Å². The maximum atomic E-state index is 13.4. The van der Waals surface area contributed by atoms with Crippen molar-refractivity contribution in [2.45, 2.75) is 0 Å². The molecule has 0 radical (unpaired) electrons. The number of fused-ring (bicyclic) bond motifs is 1. The van der Waals surface area contributed by atoms with Gasteiger partial charge in [-0.3, -0.25) is 14.7 Å². The van der Waals surface area contributed by atoms with Crippen molar-refractivity contribution in [1.82, 2.24) is 29.9 Å². The first-order valence-electron chi connectivity index (χ1n) is 11.9. The monoisotopic (exact) mass is 600 g/mol. The number of nitrogens with zero attached hydrogens (tertiary/aromatic N) is 5. The fraction of sp³-hybridized carbons (Fsp3) is 0. The molecule has 0 bridgehead atoms. The van der Waals surface area contributed by atoms with E-state index in [9.17, 15) is 14.9 Å². The van der Waals surface area contributed by atoms with Gasteiger partial charge in [0.25, 0.3) is 11.5 Å². The molecule has 0 spiro atoms. The zero-order valence-electron chi connectivity index (χ0n) is 20.6. The molecule has 2 aliphatic heterocycles. The molecule has 10 nitrogen and oxygen atoms in total. The van der Waals surface area contributed by atoms with Crippen LogP contribution < -0.4 is 10.9 Å². The smallest absolute Gasteiger partial charge is 0.292 e. The number of benzene rings is 3. The maximum Gasteiger partial charge on any atom is 0.292 e. The molecule has 3 heterocycles. The van der Waals surface area contributed by atoms with Crippen LogP contribution in [-0.2, 0) is 0 Å². The molecule has 0 aliphatic carbocycles. The predicted molar refractivity (Wildman–Crippen MR) is 156 cm³/mol. The highest BCUT2D eigenvalue weighted by Gasteiger charge is 2.27. The number of amides is 1. The van der Waals surface area contributed by atoms with E-state index < -0.39 is 5.56 Å². The molecule has 0 saturated heterocycles. The van der Waals surface area contributed by atoms with Crippen molar-refractivity contribution in [3.8, 4) is 45.9 Å². The Kier molecular flexibility index (Phi) is 6.77. The van der Waals surface area contributed by atoms with Gasteiger partial charge in [0, 0.05) is 26.7 Å². The lowest BCUT2D eigenvalue weighted by Crippen LogP contribution is -2.20. The fourth-order valence-corrected chi connectivity index (χ4v) is 4.91. The van der Waals surface area contributed by atoms with Crippen molar-refractivity contribution in [3.63, 3.8) is 0 Å². The normalized spacial score (nSPS) is 11.0. The van der Waals surface area contributed by atoms with Crippen LogP contribution in [0.2, 0.25) is 15.1 Å². The van der Waals surface area contributed by atoms with Gasteiger partial charge < -0.3 is 10.3 Å². The van der Waals surface area contributed by atoms with Gasteiger partial charge in [-0.15, -0.1) is 10.2 Å². The van der Waals surface area contributed by atoms with Gasteiger partial charge in [0.2, 0.25) is 5.95 Å². The van der Waals surface area contributed by atoms with Gasteiger partial charge in [-0.05, 0) is 42.5 Å². The highest BCUT2D eigenvalue weighted by molar-refractivity contribution is 6.36. The number of anilines is 1. The molecule has 6 rings (SSSR count). The summed E-state index contributed by atoms with van der Waals surface area (Å²) in [6, 6.07) is 22.1. The highest BCUT2D eigenvalue weighted by atomic mass is 35.5. The first-order valence-corrected chi connectivity index (χ1v) is 13.1. The van der Waals surface area contributed by atoms with Crippen LogP contribution in [-0.4, -0.2) is 35.9 Å². The number of halogens is 3. The summed E-state index contributed by atoms with van der Waals surface area (Å²) in [5.74, 6) is 0.0251. The molecule has 0 unspecified atom stereocenters. The van der Waals surface area contributed by atoms with Gasteiger partial charge in [-0.1, -0.05) is 65.1 Å². The summed E-state index contributed by atoms with van der Waals surface area (Å²) in [6.45, 7) is 0. The van der Waals surface area contributed by atoms with Crippen molar-refractivity contribution < 1.29 is 4.79 Å². The number of H-pyrrole nitrogens is 2. The number of rotatable bonds is 5. The quantitative estimate of drug-likeness (QED) is 0.214. The fourth-order valence-electron chi connectivity index (χ4n) is 4.28. The molecule has 2 aliphatic rings. The molecule has 0 atom stereocenters. The molecule has 0 fully saturated rings. The molecule has 200 valence electrons. The first-order chi connectivity index (χ1) is 19.8. The van der Waals surface area contributed by atoms with Gasteiger partial charge >= 0.3 is 0 Å². The molecule has 1 amide bonds. The Balaban J connectivity index is 1.53. The van der Waals surface area contributed by atoms with Crippen molar-refractivity contribution in [3.05, 3.63) is 109 Å². The number of hydrogen-bond acceptors (Lipinski definition) is 6. The summed E-state index contributed by atoms with van der Waals surface area (Å²) in [4.78, 5) is 34.0. The third kappa shape index (κ3) is 4.83. The lowest BCUT2D eigenvalue weighted by Gasteiger charge is -2.12.